The zero-order chi connectivity index (χ0) is 38.8. The summed E-state index contributed by atoms with van der Waals surface area (Å²) in [6, 6.07) is -1.23. The van der Waals surface area contributed by atoms with Crippen LogP contribution in [0.25, 0.3) is 0 Å². The van der Waals surface area contributed by atoms with Crippen molar-refractivity contribution in [2.45, 2.75) is 191 Å². The number of nitrogens with one attached hydrogen (secondary N) is 1. The highest BCUT2D eigenvalue weighted by Crippen LogP contribution is 2.47. The van der Waals surface area contributed by atoms with Crippen molar-refractivity contribution < 1.29 is 59.0 Å². The SMILES string of the molecule is CC/C=C\C/C=C\CCCCCCCCCCCCCCC(O)CC(=O)NC(COP(=O)(O)OC1C(O)C(O)C(O)C(O)C1O)C(O)/C=C/CCC. The molecule has 52 heavy (non-hydrogen) atoms. The van der Waals surface area contributed by atoms with E-state index in [2.05, 4.69) is 36.5 Å². The van der Waals surface area contributed by atoms with Crippen LogP contribution in [0.2, 0.25) is 0 Å². The van der Waals surface area contributed by atoms with Gasteiger partial charge in [0, 0.05) is 0 Å². The quantitative estimate of drug-likeness (QED) is 0.0277. The van der Waals surface area contributed by atoms with E-state index in [0.717, 1.165) is 44.9 Å². The van der Waals surface area contributed by atoms with Crippen LogP contribution in [0.5, 0.6) is 0 Å². The third kappa shape index (κ3) is 21.4. The molecule has 1 rings (SSSR count). The summed E-state index contributed by atoms with van der Waals surface area (Å²) in [5, 5.41) is 73.3. The predicted molar refractivity (Wildman–Crippen MR) is 201 cm³/mol. The second-order valence-electron chi connectivity index (χ2n) is 13.9. The Morgan fingerprint density at radius 3 is 1.79 bits per heavy atom. The zero-order valence-electron chi connectivity index (χ0n) is 31.5. The maximum absolute atomic E-state index is 12.8. The fourth-order valence-electron chi connectivity index (χ4n) is 5.99. The van der Waals surface area contributed by atoms with Crippen LogP contribution >= 0.6 is 7.82 Å². The first kappa shape index (κ1) is 48.5. The highest BCUT2D eigenvalue weighted by molar-refractivity contribution is 7.47. The molecular formula is C38H70NO12P. The van der Waals surface area contributed by atoms with Crippen LogP contribution in [-0.2, 0) is 18.4 Å². The molecule has 9 N–H and O–H groups in total. The number of aliphatic hydroxyl groups excluding tert-OH is 7. The molecule has 304 valence electrons. The summed E-state index contributed by atoms with van der Waals surface area (Å²) in [6.45, 7) is 3.34. The van der Waals surface area contributed by atoms with Gasteiger partial charge in [-0.2, -0.15) is 0 Å². The van der Waals surface area contributed by atoms with Gasteiger partial charge in [-0.25, -0.2) is 4.57 Å². The van der Waals surface area contributed by atoms with Gasteiger partial charge in [0.15, 0.2) is 0 Å². The first-order valence-corrected chi connectivity index (χ1v) is 21.0. The summed E-state index contributed by atoms with van der Waals surface area (Å²) in [5.41, 5.74) is 0. The summed E-state index contributed by atoms with van der Waals surface area (Å²) >= 11 is 0. The maximum Gasteiger partial charge on any atom is 0.472 e. The molecule has 13 nitrogen and oxygen atoms in total. The lowest BCUT2D eigenvalue weighted by Crippen LogP contribution is -2.64. The number of carbonyl (C=O) groups is 1. The van der Waals surface area contributed by atoms with E-state index in [9.17, 15) is 50.0 Å². The van der Waals surface area contributed by atoms with Gasteiger partial charge in [0.05, 0.1) is 31.3 Å². The minimum Gasteiger partial charge on any atom is -0.393 e. The lowest BCUT2D eigenvalue weighted by atomic mass is 9.85. The Balaban J connectivity index is 2.34. The molecular weight excluding hydrogens is 693 g/mol. The maximum atomic E-state index is 12.8. The van der Waals surface area contributed by atoms with Crippen molar-refractivity contribution in [2.75, 3.05) is 6.61 Å². The molecule has 0 radical (unpaired) electrons. The number of allylic oxidation sites excluding steroid dienone is 5. The molecule has 0 bridgehead atoms. The summed E-state index contributed by atoms with van der Waals surface area (Å²) < 4.78 is 22.5. The summed E-state index contributed by atoms with van der Waals surface area (Å²) in [5.74, 6) is -0.608. The van der Waals surface area contributed by atoms with Crippen molar-refractivity contribution in [2.24, 2.45) is 0 Å². The molecule has 0 aromatic heterocycles. The minimum atomic E-state index is -5.11. The molecule has 0 spiro atoms. The van der Waals surface area contributed by atoms with E-state index in [-0.39, 0.29) is 6.42 Å². The third-order valence-electron chi connectivity index (χ3n) is 9.21. The Bertz CT molecular complexity index is 1040. The van der Waals surface area contributed by atoms with Crippen LogP contribution in [0.1, 0.15) is 136 Å². The van der Waals surface area contributed by atoms with E-state index in [1.807, 2.05) is 6.92 Å². The van der Waals surface area contributed by atoms with Crippen molar-refractivity contribution in [3.8, 4) is 0 Å². The number of aliphatic hydroxyl groups is 7. The van der Waals surface area contributed by atoms with E-state index in [4.69, 9.17) is 9.05 Å². The monoisotopic (exact) mass is 763 g/mol. The molecule has 0 aliphatic heterocycles. The van der Waals surface area contributed by atoms with Gasteiger partial charge in [0.1, 0.15) is 36.6 Å². The van der Waals surface area contributed by atoms with E-state index in [1.54, 1.807) is 6.08 Å². The average molecular weight is 764 g/mol. The molecule has 0 saturated heterocycles. The van der Waals surface area contributed by atoms with Gasteiger partial charge in [-0.1, -0.05) is 127 Å². The summed E-state index contributed by atoms with van der Waals surface area (Å²) in [7, 11) is -5.11. The molecule has 8 atom stereocenters. The molecule has 0 aromatic rings. The summed E-state index contributed by atoms with van der Waals surface area (Å²) in [4.78, 5) is 23.0. The Hall–Kier alpha value is -1.48. The summed E-state index contributed by atoms with van der Waals surface area (Å²) in [6.07, 6.45) is 16.8. The smallest absolute Gasteiger partial charge is 0.393 e. The van der Waals surface area contributed by atoms with E-state index in [1.165, 1.54) is 63.9 Å². The van der Waals surface area contributed by atoms with Crippen molar-refractivity contribution in [3.63, 3.8) is 0 Å². The Morgan fingerprint density at radius 2 is 1.23 bits per heavy atom. The van der Waals surface area contributed by atoms with Gasteiger partial charge in [-0.15, -0.1) is 0 Å². The van der Waals surface area contributed by atoms with E-state index < -0.39 is 75.2 Å². The van der Waals surface area contributed by atoms with Gasteiger partial charge < -0.3 is 46.0 Å². The minimum absolute atomic E-state index is 0.249. The number of unbranched alkanes of at least 4 members (excludes halogenated alkanes) is 13. The highest BCUT2D eigenvalue weighted by atomic mass is 31.2. The number of amides is 1. The van der Waals surface area contributed by atoms with Crippen LogP contribution < -0.4 is 5.32 Å². The highest BCUT2D eigenvalue weighted by Gasteiger charge is 2.51. The zero-order valence-corrected chi connectivity index (χ0v) is 32.4. The molecule has 1 saturated carbocycles. The second kappa shape index (κ2) is 28.9. The predicted octanol–water partition coefficient (Wildman–Crippen LogP) is 4.63. The standard InChI is InChI=1S/C38H70NO12P/c1-3-5-7-8-9-10-11-12-13-14-15-16-17-18-19-20-21-22-24-25-29(40)27-32(42)39-30(31(41)26-23-6-4-2)28-50-52(48,49)51-38-36(46)34(44)33(43)35(45)37(38)47/h5,7,9-10,23,26,29-31,33-38,40-41,43-47H,3-4,6,8,11-22,24-25,27-28H2,1-2H3,(H,39,42)(H,48,49)/b7-5-,10-9-,26-23+. The Labute approximate surface area is 311 Å². The first-order chi connectivity index (χ1) is 24.8. The largest absolute Gasteiger partial charge is 0.472 e. The Morgan fingerprint density at radius 1 is 0.712 bits per heavy atom. The lowest BCUT2D eigenvalue weighted by Gasteiger charge is -2.41. The average Bonchev–Trinajstić information content (AvgIpc) is 3.11. The fraction of sp³-hybridized carbons (Fsp3) is 0.816. The fourth-order valence-corrected chi connectivity index (χ4v) is 6.96. The topological polar surface area (TPSA) is 226 Å². The Kier molecular flexibility index (Phi) is 27.0. The van der Waals surface area contributed by atoms with Gasteiger partial charge in [0.2, 0.25) is 5.91 Å². The molecule has 1 aliphatic carbocycles. The molecule has 0 heterocycles. The van der Waals surface area contributed by atoms with Crippen LogP contribution in [-0.4, -0.2) is 108 Å². The lowest BCUT2D eigenvalue weighted by molar-refractivity contribution is -0.220. The molecule has 8 unspecified atom stereocenters. The molecule has 14 heteroatoms. The van der Waals surface area contributed by atoms with Crippen molar-refractivity contribution >= 4 is 13.7 Å². The third-order valence-corrected chi connectivity index (χ3v) is 10.2. The number of phosphoric ester groups is 1. The molecule has 0 aromatic carbocycles. The van der Waals surface area contributed by atoms with Crippen LogP contribution in [0, 0.1) is 0 Å². The van der Waals surface area contributed by atoms with Crippen molar-refractivity contribution in [3.05, 3.63) is 36.5 Å². The van der Waals surface area contributed by atoms with Crippen molar-refractivity contribution in [1.29, 1.82) is 0 Å². The number of rotatable bonds is 30. The molecule has 1 fully saturated rings. The van der Waals surface area contributed by atoms with Gasteiger partial charge in [0.25, 0.3) is 0 Å². The van der Waals surface area contributed by atoms with Gasteiger partial charge in [-0.3, -0.25) is 13.8 Å². The van der Waals surface area contributed by atoms with E-state index in [0.29, 0.717) is 12.8 Å². The number of hydrogen-bond donors (Lipinski definition) is 9. The molecule has 1 amide bonds. The number of hydrogen-bond acceptors (Lipinski definition) is 11. The first-order valence-electron chi connectivity index (χ1n) is 19.5. The van der Waals surface area contributed by atoms with Gasteiger partial charge in [-0.05, 0) is 38.5 Å². The van der Waals surface area contributed by atoms with Crippen molar-refractivity contribution in [1.82, 2.24) is 5.32 Å². The van der Waals surface area contributed by atoms with Crippen LogP contribution in [0.4, 0.5) is 0 Å². The number of phosphoric acid groups is 1. The number of carbonyl (C=O) groups excluding carboxylic acids is 1. The normalized spacial score (nSPS) is 25.5. The second-order valence-corrected chi connectivity index (χ2v) is 15.3. The molecule has 1 aliphatic rings. The van der Waals surface area contributed by atoms with Crippen LogP contribution in [0.3, 0.4) is 0 Å². The van der Waals surface area contributed by atoms with Gasteiger partial charge >= 0.3 is 7.82 Å². The van der Waals surface area contributed by atoms with E-state index >= 15 is 0 Å². The van der Waals surface area contributed by atoms with Crippen LogP contribution in [0.15, 0.2) is 36.5 Å².